The second-order valence-electron chi connectivity index (χ2n) is 5.99. The molecule has 9 heteroatoms. The molecule has 1 aromatic carbocycles. The first-order chi connectivity index (χ1) is 12.0. The Morgan fingerprint density at radius 3 is 2.68 bits per heavy atom. The predicted octanol–water partition coefficient (Wildman–Crippen LogP) is -0.0388. The van der Waals surface area contributed by atoms with Gasteiger partial charge in [-0.2, -0.15) is 5.10 Å². The number of hydrogen-bond acceptors (Lipinski definition) is 5. The number of nitrogens with zero attached hydrogens (tertiary/aromatic N) is 4. The Kier molecular flexibility index (Phi) is 3.65. The Balaban J connectivity index is 1.90. The molecule has 1 fully saturated rings. The van der Waals surface area contributed by atoms with Gasteiger partial charge in [-0.05, 0) is 12.1 Å². The topological polar surface area (TPSA) is 88.0 Å². The first-order valence-corrected chi connectivity index (χ1v) is 7.99. The fraction of sp³-hybridized carbons (Fsp3) is 0.312. The average Bonchev–Trinajstić information content (AvgIpc) is 2.91. The minimum atomic E-state index is -0.612. The van der Waals surface area contributed by atoms with E-state index in [1.807, 2.05) is 4.90 Å². The van der Waals surface area contributed by atoms with Crippen LogP contribution < -0.4 is 21.5 Å². The van der Waals surface area contributed by atoms with Gasteiger partial charge in [-0.25, -0.2) is 9.18 Å². The van der Waals surface area contributed by atoms with Crippen LogP contribution in [0.15, 0.2) is 34.0 Å². The van der Waals surface area contributed by atoms with Crippen LogP contribution >= 0.6 is 0 Å². The van der Waals surface area contributed by atoms with E-state index in [2.05, 4.69) is 15.4 Å². The highest BCUT2D eigenvalue weighted by Crippen LogP contribution is 2.29. The molecule has 25 heavy (non-hydrogen) atoms. The number of anilines is 1. The van der Waals surface area contributed by atoms with Crippen molar-refractivity contribution < 1.29 is 4.39 Å². The maximum atomic E-state index is 14.7. The van der Waals surface area contributed by atoms with Gasteiger partial charge < -0.3 is 10.2 Å². The number of piperazine rings is 1. The third kappa shape index (κ3) is 2.62. The van der Waals surface area contributed by atoms with Gasteiger partial charge >= 0.3 is 5.69 Å². The lowest BCUT2D eigenvalue weighted by Crippen LogP contribution is -2.43. The van der Waals surface area contributed by atoms with E-state index < -0.39 is 11.2 Å². The molecule has 2 aromatic heterocycles. The summed E-state index contributed by atoms with van der Waals surface area (Å²) in [4.78, 5) is 27.5. The molecular weight excluding hydrogens is 327 g/mol. The largest absolute Gasteiger partial charge is 0.367 e. The highest BCUT2D eigenvalue weighted by Gasteiger charge is 2.19. The van der Waals surface area contributed by atoms with Crippen molar-refractivity contribution >= 4 is 16.6 Å². The van der Waals surface area contributed by atoms with Crippen LogP contribution in [0.25, 0.3) is 16.7 Å². The molecule has 0 atom stereocenters. The number of rotatable bonds is 2. The molecule has 0 aliphatic carbocycles. The zero-order chi connectivity index (χ0) is 17.6. The molecule has 0 spiro atoms. The lowest BCUT2D eigenvalue weighted by atomic mass is 10.2. The molecule has 1 saturated heterocycles. The number of aryl methyl sites for hydroxylation is 1. The van der Waals surface area contributed by atoms with Gasteiger partial charge in [-0.3, -0.25) is 19.0 Å². The second kappa shape index (κ2) is 5.85. The number of nitrogens with one attached hydrogen (secondary N) is 2. The van der Waals surface area contributed by atoms with E-state index in [1.54, 1.807) is 17.8 Å². The zero-order valence-corrected chi connectivity index (χ0v) is 13.6. The summed E-state index contributed by atoms with van der Waals surface area (Å²) in [5.74, 6) is -0.0781. The fourth-order valence-corrected chi connectivity index (χ4v) is 3.16. The van der Waals surface area contributed by atoms with Crippen molar-refractivity contribution in [1.29, 1.82) is 0 Å². The lowest BCUT2D eigenvalue weighted by molar-refractivity contribution is 0.567. The normalized spacial score (nSPS) is 15.0. The minimum absolute atomic E-state index is 0.282. The Morgan fingerprint density at radius 1 is 1.20 bits per heavy atom. The van der Waals surface area contributed by atoms with Crippen LogP contribution in [0.1, 0.15) is 0 Å². The molecule has 0 bridgehead atoms. The zero-order valence-electron chi connectivity index (χ0n) is 13.6. The number of fused-ring (bicyclic) bond motifs is 1. The quantitative estimate of drug-likeness (QED) is 0.681. The highest BCUT2D eigenvalue weighted by molar-refractivity contribution is 5.89. The van der Waals surface area contributed by atoms with Gasteiger partial charge in [0, 0.05) is 50.9 Å². The fourth-order valence-electron chi connectivity index (χ4n) is 3.16. The van der Waals surface area contributed by atoms with Crippen molar-refractivity contribution in [1.82, 2.24) is 24.6 Å². The second-order valence-corrected chi connectivity index (χ2v) is 5.99. The molecular formula is C16H17FN6O2. The van der Waals surface area contributed by atoms with Crippen LogP contribution in [-0.2, 0) is 7.05 Å². The smallest absolute Gasteiger partial charge is 0.334 e. The summed E-state index contributed by atoms with van der Waals surface area (Å²) in [5.41, 5.74) is 0.133. The van der Waals surface area contributed by atoms with Gasteiger partial charge in [0.1, 0.15) is 5.82 Å². The predicted molar refractivity (Wildman–Crippen MR) is 92.0 cm³/mol. The summed E-state index contributed by atoms with van der Waals surface area (Å²) in [7, 11) is 1.74. The Labute approximate surface area is 141 Å². The molecule has 4 rings (SSSR count). The number of aromatic amines is 1. The maximum Gasteiger partial charge on any atom is 0.334 e. The van der Waals surface area contributed by atoms with E-state index in [4.69, 9.17) is 0 Å². The highest BCUT2D eigenvalue weighted by atomic mass is 19.1. The van der Waals surface area contributed by atoms with Crippen molar-refractivity contribution in [2.24, 2.45) is 7.05 Å². The van der Waals surface area contributed by atoms with Crippen molar-refractivity contribution in [2.45, 2.75) is 0 Å². The summed E-state index contributed by atoms with van der Waals surface area (Å²) < 4.78 is 17.5. The third-order valence-corrected chi connectivity index (χ3v) is 4.41. The van der Waals surface area contributed by atoms with Gasteiger partial charge in [0.05, 0.1) is 11.2 Å². The molecule has 0 radical (unpaired) electrons. The standard InChI is InChI=1S/C16H17FN6O2/c1-21-12-9-13(22-6-3-18-4-7-22)11(17)8-10(12)15(20-21)23-5-2-14(24)19-16(23)25/h2,5,8-9,18H,3-4,6-7H2,1H3,(H,19,24,25). The van der Waals surface area contributed by atoms with Crippen LogP contribution in [0.2, 0.25) is 0 Å². The molecule has 0 saturated carbocycles. The molecule has 8 nitrogen and oxygen atoms in total. The number of H-pyrrole nitrogens is 1. The van der Waals surface area contributed by atoms with Gasteiger partial charge in [0.15, 0.2) is 5.82 Å². The van der Waals surface area contributed by atoms with Gasteiger partial charge in [-0.1, -0.05) is 0 Å². The van der Waals surface area contributed by atoms with Gasteiger partial charge in [-0.15, -0.1) is 0 Å². The average molecular weight is 344 g/mol. The molecule has 130 valence electrons. The van der Waals surface area contributed by atoms with Gasteiger partial charge in [0.25, 0.3) is 5.56 Å². The van der Waals surface area contributed by atoms with Crippen LogP contribution in [0, 0.1) is 5.82 Å². The number of benzene rings is 1. The number of halogens is 1. The van der Waals surface area contributed by atoms with E-state index in [0.29, 0.717) is 16.6 Å². The monoisotopic (exact) mass is 344 g/mol. The molecule has 2 N–H and O–H groups in total. The van der Waals surface area contributed by atoms with Crippen molar-refractivity contribution in [3.05, 3.63) is 51.1 Å². The van der Waals surface area contributed by atoms with Gasteiger partial charge in [0.2, 0.25) is 0 Å². The van der Waals surface area contributed by atoms with Crippen LogP contribution in [0.4, 0.5) is 10.1 Å². The Morgan fingerprint density at radius 2 is 1.96 bits per heavy atom. The first-order valence-electron chi connectivity index (χ1n) is 7.99. The van der Waals surface area contributed by atoms with Crippen molar-refractivity contribution in [3.63, 3.8) is 0 Å². The SMILES string of the molecule is Cn1nc(-n2ccc(=O)[nH]c2=O)c2cc(F)c(N3CCNCC3)cc21. The number of hydrogen-bond donors (Lipinski definition) is 2. The van der Waals surface area contributed by atoms with Crippen molar-refractivity contribution in [2.75, 3.05) is 31.1 Å². The summed E-state index contributed by atoms with van der Waals surface area (Å²) in [5, 5.41) is 8.09. The molecule has 3 aromatic rings. The Bertz CT molecular complexity index is 1060. The Hall–Kier alpha value is -2.94. The lowest BCUT2D eigenvalue weighted by Gasteiger charge is -2.29. The van der Waals surface area contributed by atoms with E-state index in [0.717, 1.165) is 26.2 Å². The van der Waals surface area contributed by atoms with E-state index in [9.17, 15) is 14.0 Å². The summed E-state index contributed by atoms with van der Waals surface area (Å²) in [6.45, 7) is 3.07. The third-order valence-electron chi connectivity index (χ3n) is 4.41. The number of aromatic nitrogens is 4. The van der Waals surface area contributed by atoms with E-state index >= 15 is 0 Å². The molecule has 0 amide bonds. The molecule has 1 aliphatic rings. The summed E-state index contributed by atoms with van der Waals surface area (Å²) >= 11 is 0. The summed E-state index contributed by atoms with van der Waals surface area (Å²) in [6, 6.07) is 4.38. The summed E-state index contributed by atoms with van der Waals surface area (Å²) in [6.07, 6.45) is 1.34. The van der Waals surface area contributed by atoms with E-state index in [-0.39, 0.29) is 11.6 Å². The van der Waals surface area contributed by atoms with E-state index in [1.165, 1.54) is 22.9 Å². The van der Waals surface area contributed by atoms with Crippen LogP contribution in [0.5, 0.6) is 0 Å². The van der Waals surface area contributed by atoms with Crippen molar-refractivity contribution in [3.8, 4) is 5.82 Å². The molecule has 0 unspecified atom stereocenters. The van der Waals surface area contributed by atoms with Crippen LogP contribution in [-0.4, -0.2) is 45.5 Å². The molecule has 1 aliphatic heterocycles. The maximum absolute atomic E-state index is 14.7. The first kappa shape index (κ1) is 15.6. The van der Waals surface area contributed by atoms with Crippen LogP contribution in [0.3, 0.4) is 0 Å². The molecule has 3 heterocycles. The minimum Gasteiger partial charge on any atom is -0.367 e.